The molecule has 0 atom stereocenters. The number of nitrogens with zero attached hydrogens (tertiary/aromatic N) is 2. The first-order valence-electron chi connectivity index (χ1n) is 6.43. The van der Waals surface area contributed by atoms with Crippen LogP contribution in [0.4, 0.5) is 5.69 Å². The highest BCUT2D eigenvalue weighted by atomic mass is 35.5. The van der Waals surface area contributed by atoms with E-state index in [-0.39, 0.29) is 40.5 Å². The molecule has 1 rings (SSSR count). The van der Waals surface area contributed by atoms with Crippen LogP contribution in [0, 0.1) is 22.5 Å². The van der Waals surface area contributed by atoms with Crippen molar-refractivity contribution < 1.29 is 13.3 Å². The fourth-order valence-electron chi connectivity index (χ4n) is 2.00. The van der Waals surface area contributed by atoms with Crippen LogP contribution in [0.5, 0.6) is 0 Å². The molecule has 0 aliphatic carbocycles. The molecule has 0 saturated carbocycles. The van der Waals surface area contributed by atoms with E-state index in [0.29, 0.717) is 6.54 Å². The van der Waals surface area contributed by atoms with E-state index < -0.39 is 14.9 Å². The molecule has 0 amide bonds. The molecule has 0 radical (unpaired) electrons. The normalized spacial score (nSPS) is 12.1. The molecule has 22 heavy (non-hydrogen) atoms. The molecular formula is C13H22ClN3O4S. The van der Waals surface area contributed by atoms with Crippen molar-refractivity contribution in [2.45, 2.75) is 25.7 Å². The van der Waals surface area contributed by atoms with Crippen molar-refractivity contribution in [1.82, 2.24) is 4.31 Å². The number of nitro groups is 1. The second kappa shape index (κ2) is 7.36. The van der Waals surface area contributed by atoms with Crippen molar-refractivity contribution in [2.75, 3.05) is 20.1 Å². The van der Waals surface area contributed by atoms with Gasteiger partial charge in [-0.3, -0.25) is 10.1 Å². The van der Waals surface area contributed by atoms with E-state index in [0.717, 1.165) is 0 Å². The summed E-state index contributed by atoms with van der Waals surface area (Å²) in [5, 5.41) is 10.9. The third kappa shape index (κ3) is 4.39. The average molecular weight is 352 g/mol. The zero-order chi connectivity index (χ0) is 16.4. The second-order valence-corrected chi connectivity index (χ2v) is 7.80. The molecule has 7 nitrogen and oxygen atoms in total. The van der Waals surface area contributed by atoms with Crippen molar-refractivity contribution >= 4 is 28.1 Å². The Morgan fingerprint density at radius 3 is 2.36 bits per heavy atom. The third-order valence-corrected chi connectivity index (χ3v) is 5.29. The van der Waals surface area contributed by atoms with Crippen molar-refractivity contribution in [3.05, 3.63) is 33.9 Å². The Hall–Kier alpha value is -1.22. The summed E-state index contributed by atoms with van der Waals surface area (Å²) in [6, 6.07) is 4.04. The van der Waals surface area contributed by atoms with Crippen LogP contribution in [-0.2, 0) is 10.0 Å². The van der Waals surface area contributed by atoms with Gasteiger partial charge in [0.15, 0.2) is 0 Å². The summed E-state index contributed by atoms with van der Waals surface area (Å²) in [4.78, 5) is 10.3. The summed E-state index contributed by atoms with van der Waals surface area (Å²) in [5.74, 6) is 0. The van der Waals surface area contributed by atoms with Gasteiger partial charge >= 0.3 is 0 Å². The number of nitrogens with two attached hydrogens (primary N) is 1. The summed E-state index contributed by atoms with van der Waals surface area (Å²) in [5.41, 5.74) is 5.17. The Kier molecular flexibility index (Phi) is 6.96. The minimum atomic E-state index is -3.80. The van der Waals surface area contributed by atoms with Gasteiger partial charge in [-0.1, -0.05) is 19.9 Å². The zero-order valence-corrected chi connectivity index (χ0v) is 14.7. The lowest BCUT2D eigenvalue weighted by Gasteiger charge is -2.28. The van der Waals surface area contributed by atoms with E-state index in [1.54, 1.807) is 0 Å². The molecule has 0 spiro atoms. The minimum Gasteiger partial charge on any atom is -0.330 e. The van der Waals surface area contributed by atoms with E-state index in [1.165, 1.54) is 36.5 Å². The fourth-order valence-corrected chi connectivity index (χ4v) is 3.60. The minimum absolute atomic E-state index is 0. The summed E-state index contributed by atoms with van der Waals surface area (Å²) >= 11 is 0. The first kappa shape index (κ1) is 20.8. The number of rotatable bonds is 6. The largest absolute Gasteiger partial charge is 0.330 e. The van der Waals surface area contributed by atoms with Crippen LogP contribution in [0.3, 0.4) is 0 Å². The van der Waals surface area contributed by atoms with Crippen LogP contribution in [0.1, 0.15) is 19.4 Å². The number of hydrogen-bond donors (Lipinski definition) is 1. The predicted octanol–water partition coefficient (Wildman–Crippen LogP) is 1.93. The molecule has 0 aliphatic heterocycles. The lowest BCUT2D eigenvalue weighted by atomic mass is 9.94. The quantitative estimate of drug-likeness (QED) is 0.622. The SMILES string of the molecule is Cc1c([N+](=O)[O-])cccc1S(=O)(=O)N(C)CC(C)(C)CN.Cl. The fraction of sp³-hybridized carbons (Fsp3) is 0.538. The first-order chi connectivity index (χ1) is 9.53. The molecule has 1 aromatic rings. The Morgan fingerprint density at radius 2 is 1.91 bits per heavy atom. The van der Waals surface area contributed by atoms with Gasteiger partial charge in [0.1, 0.15) is 0 Å². The molecule has 1 aromatic carbocycles. The van der Waals surface area contributed by atoms with Crippen molar-refractivity contribution in [3.63, 3.8) is 0 Å². The zero-order valence-electron chi connectivity index (χ0n) is 13.1. The van der Waals surface area contributed by atoms with Gasteiger partial charge in [-0.2, -0.15) is 0 Å². The van der Waals surface area contributed by atoms with Gasteiger partial charge in [0, 0.05) is 25.2 Å². The number of nitro benzene ring substituents is 1. The van der Waals surface area contributed by atoms with Crippen LogP contribution >= 0.6 is 12.4 Å². The second-order valence-electron chi connectivity index (χ2n) is 5.79. The summed E-state index contributed by atoms with van der Waals surface area (Å²) in [6.07, 6.45) is 0. The van der Waals surface area contributed by atoms with E-state index >= 15 is 0 Å². The van der Waals surface area contributed by atoms with Crippen molar-refractivity contribution in [2.24, 2.45) is 11.1 Å². The molecule has 126 valence electrons. The summed E-state index contributed by atoms with van der Waals surface area (Å²) in [6.45, 7) is 5.72. The van der Waals surface area contributed by atoms with Gasteiger partial charge < -0.3 is 5.73 Å². The van der Waals surface area contributed by atoms with Gasteiger partial charge in [-0.05, 0) is 24.9 Å². The molecule has 0 fully saturated rings. The maximum absolute atomic E-state index is 12.6. The number of hydrogen-bond acceptors (Lipinski definition) is 5. The Labute approximate surface area is 137 Å². The standard InChI is InChI=1S/C13H21N3O4S.ClH/c1-10-11(16(17)18)6-5-7-12(10)21(19,20)15(4)9-13(2,3)8-14;/h5-7H,8-9,14H2,1-4H3;1H. The molecule has 0 saturated heterocycles. The van der Waals surface area contributed by atoms with Gasteiger partial charge in [-0.15, -0.1) is 12.4 Å². The molecule has 0 aliphatic rings. The van der Waals surface area contributed by atoms with Crippen LogP contribution in [0.25, 0.3) is 0 Å². The molecule has 2 N–H and O–H groups in total. The average Bonchev–Trinajstić information content (AvgIpc) is 2.37. The Morgan fingerprint density at radius 1 is 1.36 bits per heavy atom. The molecule has 9 heteroatoms. The number of benzene rings is 1. The maximum Gasteiger partial charge on any atom is 0.273 e. The van der Waals surface area contributed by atoms with Gasteiger partial charge in [0.2, 0.25) is 10.0 Å². The lowest BCUT2D eigenvalue weighted by molar-refractivity contribution is -0.385. The Bertz CT molecular complexity index is 647. The topological polar surface area (TPSA) is 107 Å². The predicted molar refractivity (Wildman–Crippen MR) is 87.7 cm³/mol. The molecule has 0 aromatic heterocycles. The van der Waals surface area contributed by atoms with Gasteiger partial charge in [0.05, 0.1) is 9.82 Å². The van der Waals surface area contributed by atoms with E-state index in [4.69, 9.17) is 5.73 Å². The molecule has 0 unspecified atom stereocenters. The van der Waals surface area contributed by atoms with Crippen molar-refractivity contribution in [3.8, 4) is 0 Å². The highest BCUT2D eigenvalue weighted by molar-refractivity contribution is 7.89. The molecule has 0 heterocycles. The lowest BCUT2D eigenvalue weighted by Crippen LogP contribution is -2.39. The van der Waals surface area contributed by atoms with Crippen LogP contribution in [0.2, 0.25) is 0 Å². The van der Waals surface area contributed by atoms with E-state index in [1.807, 2.05) is 13.8 Å². The third-order valence-electron chi connectivity index (χ3n) is 3.34. The molecular weight excluding hydrogens is 330 g/mol. The van der Waals surface area contributed by atoms with Crippen LogP contribution in [-0.4, -0.2) is 37.8 Å². The van der Waals surface area contributed by atoms with Crippen LogP contribution < -0.4 is 5.73 Å². The number of sulfonamides is 1. The smallest absolute Gasteiger partial charge is 0.273 e. The summed E-state index contributed by atoms with van der Waals surface area (Å²) in [7, 11) is -2.35. The Balaban J connectivity index is 0.00000441. The summed E-state index contributed by atoms with van der Waals surface area (Å²) < 4.78 is 26.4. The van der Waals surface area contributed by atoms with Gasteiger partial charge in [0.25, 0.3) is 5.69 Å². The van der Waals surface area contributed by atoms with Crippen LogP contribution in [0.15, 0.2) is 23.1 Å². The van der Waals surface area contributed by atoms with Crippen molar-refractivity contribution in [1.29, 1.82) is 0 Å². The first-order valence-corrected chi connectivity index (χ1v) is 7.87. The monoisotopic (exact) mass is 351 g/mol. The highest BCUT2D eigenvalue weighted by Crippen LogP contribution is 2.28. The number of halogens is 1. The van der Waals surface area contributed by atoms with E-state index in [2.05, 4.69) is 0 Å². The maximum atomic E-state index is 12.6. The highest BCUT2D eigenvalue weighted by Gasteiger charge is 2.30. The molecule has 0 bridgehead atoms. The van der Waals surface area contributed by atoms with E-state index in [9.17, 15) is 18.5 Å². The van der Waals surface area contributed by atoms with Gasteiger partial charge in [-0.25, -0.2) is 12.7 Å².